The SMILES string of the molecule is Cc1ccnc(N2CCN(C(=O)Cc3c(C)n4c5c(cc(C(=O)C(C)(C)C)cc35)CCC4)CC2)c1. The van der Waals surface area contributed by atoms with Gasteiger partial charge in [-0.1, -0.05) is 20.8 Å². The number of carbonyl (C=O) groups is 2. The molecule has 4 heterocycles. The Morgan fingerprint density at radius 1 is 1.00 bits per heavy atom. The minimum atomic E-state index is -0.436. The van der Waals surface area contributed by atoms with Gasteiger partial charge in [0, 0.05) is 61.0 Å². The maximum atomic E-state index is 13.5. The molecule has 0 spiro atoms. The molecule has 35 heavy (non-hydrogen) atoms. The zero-order valence-corrected chi connectivity index (χ0v) is 21.6. The van der Waals surface area contributed by atoms with Gasteiger partial charge in [0.1, 0.15) is 5.82 Å². The summed E-state index contributed by atoms with van der Waals surface area (Å²) < 4.78 is 2.36. The summed E-state index contributed by atoms with van der Waals surface area (Å²) in [7, 11) is 0. The van der Waals surface area contributed by atoms with Crippen LogP contribution in [-0.4, -0.2) is 52.3 Å². The molecular weight excluding hydrogens is 436 g/mol. The summed E-state index contributed by atoms with van der Waals surface area (Å²) in [4.78, 5) is 35.3. The number of aryl methyl sites for hydroxylation is 3. The lowest BCUT2D eigenvalue weighted by Gasteiger charge is -2.35. The van der Waals surface area contributed by atoms with Crippen molar-refractivity contribution in [2.45, 2.75) is 60.4 Å². The van der Waals surface area contributed by atoms with E-state index in [1.165, 1.54) is 16.6 Å². The van der Waals surface area contributed by atoms with Crippen LogP contribution >= 0.6 is 0 Å². The van der Waals surface area contributed by atoms with E-state index in [4.69, 9.17) is 0 Å². The highest BCUT2D eigenvalue weighted by Crippen LogP contribution is 2.36. The standard InChI is InChI=1S/C29H36N4O2/c1-19-8-9-30-25(15-19)31-11-13-32(14-12-31)26(34)18-23-20(2)33-10-6-7-21-16-22(17-24(23)27(21)33)28(35)29(3,4)5/h8-9,15-17H,6-7,10-14,18H2,1-5H3. The monoisotopic (exact) mass is 472 g/mol. The van der Waals surface area contributed by atoms with E-state index in [9.17, 15) is 9.59 Å². The van der Waals surface area contributed by atoms with Gasteiger partial charge < -0.3 is 14.4 Å². The fourth-order valence-electron chi connectivity index (χ4n) is 5.59. The third-order valence-electron chi connectivity index (χ3n) is 7.58. The molecule has 0 unspecified atom stereocenters. The number of piperazine rings is 1. The summed E-state index contributed by atoms with van der Waals surface area (Å²) in [5.41, 5.74) is 6.24. The summed E-state index contributed by atoms with van der Waals surface area (Å²) in [6, 6.07) is 8.25. The van der Waals surface area contributed by atoms with E-state index in [1.807, 2.05) is 44.0 Å². The van der Waals surface area contributed by atoms with Gasteiger partial charge in [0.25, 0.3) is 0 Å². The van der Waals surface area contributed by atoms with Crippen LogP contribution in [0.2, 0.25) is 0 Å². The van der Waals surface area contributed by atoms with Gasteiger partial charge in [-0.05, 0) is 67.6 Å². The van der Waals surface area contributed by atoms with Crippen LogP contribution in [-0.2, 0) is 24.2 Å². The van der Waals surface area contributed by atoms with Crippen molar-refractivity contribution in [2.24, 2.45) is 5.41 Å². The molecule has 6 nitrogen and oxygen atoms in total. The molecule has 2 aliphatic rings. The number of aromatic nitrogens is 2. The van der Waals surface area contributed by atoms with E-state index >= 15 is 0 Å². The normalized spacial score (nSPS) is 16.1. The smallest absolute Gasteiger partial charge is 0.227 e. The number of amides is 1. The van der Waals surface area contributed by atoms with Gasteiger partial charge in [0.05, 0.1) is 11.9 Å². The quantitative estimate of drug-likeness (QED) is 0.516. The van der Waals surface area contributed by atoms with Crippen molar-refractivity contribution in [3.8, 4) is 0 Å². The van der Waals surface area contributed by atoms with E-state index in [0.29, 0.717) is 19.5 Å². The average Bonchev–Trinajstić information content (AvgIpc) is 3.10. The van der Waals surface area contributed by atoms with Crippen molar-refractivity contribution in [3.63, 3.8) is 0 Å². The number of Topliss-reactive ketones (excluding diaryl/α,β-unsaturated/α-hetero) is 1. The number of anilines is 1. The highest BCUT2D eigenvalue weighted by atomic mass is 16.2. The van der Waals surface area contributed by atoms with Crippen LogP contribution in [0.5, 0.6) is 0 Å². The van der Waals surface area contributed by atoms with Crippen LogP contribution in [0, 0.1) is 19.3 Å². The molecule has 1 saturated heterocycles. The molecule has 0 aliphatic carbocycles. The molecule has 3 aromatic rings. The maximum absolute atomic E-state index is 13.5. The van der Waals surface area contributed by atoms with Crippen LogP contribution in [0.25, 0.3) is 10.9 Å². The molecule has 0 atom stereocenters. The minimum Gasteiger partial charge on any atom is -0.353 e. The molecule has 0 N–H and O–H groups in total. The van der Waals surface area contributed by atoms with Gasteiger partial charge in [-0.25, -0.2) is 4.98 Å². The van der Waals surface area contributed by atoms with E-state index in [1.54, 1.807) is 0 Å². The number of carbonyl (C=O) groups excluding carboxylic acids is 2. The number of benzene rings is 1. The van der Waals surface area contributed by atoms with Crippen LogP contribution in [0.15, 0.2) is 30.5 Å². The Bertz CT molecular complexity index is 1310. The van der Waals surface area contributed by atoms with Crippen molar-refractivity contribution >= 4 is 28.4 Å². The highest BCUT2D eigenvalue weighted by Gasteiger charge is 2.29. The maximum Gasteiger partial charge on any atom is 0.227 e. The zero-order valence-electron chi connectivity index (χ0n) is 21.6. The van der Waals surface area contributed by atoms with Gasteiger partial charge in [-0.2, -0.15) is 0 Å². The molecule has 0 bridgehead atoms. The Morgan fingerprint density at radius 2 is 1.74 bits per heavy atom. The van der Waals surface area contributed by atoms with Crippen LogP contribution in [0.4, 0.5) is 5.82 Å². The Kier molecular flexibility index (Phi) is 5.94. The molecule has 1 fully saturated rings. The molecule has 2 aliphatic heterocycles. The Morgan fingerprint density at radius 3 is 2.43 bits per heavy atom. The van der Waals surface area contributed by atoms with Crippen molar-refractivity contribution in [1.29, 1.82) is 0 Å². The number of ketones is 1. The molecule has 1 aromatic carbocycles. The largest absolute Gasteiger partial charge is 0.353 e. The van der Waals surface area contributed by atoms with E-state index in [2.05, 4.69) is 40.4 Å². The first-order valence-electron chi connectivity index (χ1n) is 12.8. The van der Waals surface area contributed by atoms with Crippen molar-refractivity contribution in [1.82, 2.24) is 14.5 Å². The molecule has 2 aromatic heterocycles. The van der Waals surface area contributed by atoms with E-state index < -0.39 is 5.41 Å². The second-order valence-electron chi connectivity index (χ2n) is 11.2. The fourth-order valence-corrected chi connectivity index (χ4v) is 5.59. The van der Waals surface area contributed by atoms with Gasteiger partial charge in [0.15, 0.2) is 5.78 Å². The zero-order chi connectivity index (χ0) is 24.9. The molecule has 0 radical (unpaired) electrons. The predicted octanol–water partition coefficient (Wildman–Crippen LogP) is 4.72. The summed E-state index contributed by atoms with van der Waals surface area (Å²) in [5.74, 6) is 1.31. The molecule has 184 valence electrons. The van der Waals surface area contributed by atoms with Crippen LogP contribution < -0.4 is 4.90 Å². The molecule has 6 heteroatoms. The van der Waals surface area contributed by atoms with Gasteiger partial charge in [-0.15, -0.1) is 0 Å². The first-order chi connectivity index (χ1) is 16.6. The molecule has 1 amide bonds. The first kappa shape index (κ1) is 23.6. The summed E-state index contributed by atoms with van der Waals surface area (Å²) >= 11 is 0. The average molecular weight is 473 g/mol. The number of rotatable bonds is 4. The van der Waals surface area contributed by atoms with Crippen LogP contribution in [0.3, 0.4) is 0 Å². The Labute approximate surface area is 207 Å². The number of nitrogens with zero attached hydrogens (tertiary/aromatic N) is 4. The predicted molar refractivity (Wildman–Crippen MR) is 140 cm³/mol. The lowest BCUT2D eigenvalue weighted by atomic mass is 9.84. The van der Waals surface area contributed by atoms with Gasteiger partial charge in [0.2, 0.25) is 5.91 Å². The van der Waals surface area contributed by atoms with E-state index in [-0.39, 0.29) is 11.7 Å². The number of pyridine rings is 1. The minimum absolute atomic E-state index is 0.157. The Hall–Kier alpha value is -3.15. The third kappa shape index (κ3) is 4.35. The molecule has 0 saturated carbocycles. The second-order valence-corrected chi connectivity index (χ2v) is 11.2. The lowest BCUT2D eigenvalue weighted by molar-refractivity contribution is -0.130. The summed E-state index contributed by atoms with van der Waals surface area (Å²) in [5, 5.41) is 1.09. The fraction of sp³-hybridized carbons (Fsp3) is 0.483. The highest BCUT2D eigenvalue weighted by molar-refractivity contribution is 6.04. The first-order valence-corrected chi connectivity index (χ1v) is 12.8. The third-order valence-corrected chi connectivity index (χ3v) is 7.58. The summed E-state index contributed by atoms with van der Waals surface area (Å²) in [6.45, 7) is 14.1. The van der Waals surface area contributed by atoms with Crippen molar-refractivity contribution in [2.75, 3.05) is 31.1 Å². The summed E-state index contributed by atoms with van der Waals surface area (Å²) in [6.07, 6.45) is 4.27. The van der Waals surface area contributed by atoms with Crippen molar-refractivity contribution in [3.05, 3.63) is 58.4 Å². The van der Waals surface area contributed by atoms with E-state index in [0.717, 1.165) is 60.5 Å². The van der Waals surface area contributed by atoms with Crippen LogP contribution in [0.1, 0.15) is 59.9 Å². The molecular formula is C29H36N4O2. The van der Waals surface area contributed by atoms with Crippen molar-refractivity contribution < 1.29 is 9.59 Å². The number of hydrogen-bond acceptors (Lipinski definition) is 4. The lowest BCUT2D eigenvalue weighted by Crippen LogP contribution is -2.49. The molecule has 5 rings (SSSR count). The number of hydrogen-bond donors (Lipinski definition) is 0. The van der Waals surface area contributed by atoms with Gasteiger partial charge >= 0.3 is 0 Å². The topological polar surface area (TPSA) is 58.4 Å². The Balaban J connectivity index is 1.40. The second kappa shape index (κ2) is 8.81. The van der Waals surface area contributed by atoms with Gasteiger partial charge in [-0.3, -0.25) is 9.59 Å².